The minimum absolute atomic E-state index is 0.0582. The molecule has 4 heteroatoms. The lowest BCUT2D eigenvalue weighted by molar-refractivity contribution is -0.150. The summed E-state index contributed by atoms with van der Waals surface area (Å²) in [5.74, 6) is -0.166. The molecule has 0 spiro atoms. The van der Waals surface area contributed by atoms with Crippen molar-refractivity contribution in [3.63, 3.8) is 0 Å². The number of hydrogen-bond donors (Lipinski definition) is 0. The van der Waals surface area contributed by atoms with Crippen molar-refractivity contribution in [1.29, 1.82) is 0 Å². The molecule has 0 radical (unpaired) electrons. The summed E-state index contributed by atoms with van der Waals surface area (Å²) < 4.78 is 10.9. The van der Waals surface area contributed by atoms with E-state index in [4.69, 9.17) is 9.47 Å². The molecule has 0 N–H and O–H groups in total. The summed E-state index contributed by atoms with van der Waals surface area (Å²) in [4.78, 5) is 23.8. The lowest BCUT2D eigenvalue weighted by atomic mass is 10.1. The molecule has 1 rings (SSSR count). The summed E-state index contributed by atoms with van der Waals surface area (Å²) in [5, 5.41) is 0. The van der Waals surface area contributed by atoms with Gasteiger partial charge in [-0.2, -0.15) is 0 Å². The Morgan fingerprint density at radius 1 is 0.733 bits per heavy atom. The van der Waals surface area contributed by atoms with Crippen molar-refractivity contribution in [1.82, 2.24) is 0 Å². The highest BCUT2D eigenvalue weighted by Crippen LogP contribution is 2.21. The highest BCUT2D eigenvalue weighted by atomic mass is 16.5. The van der Waals surface area contributed by atoms with Gasteiger partial charge in [-0.1, -0.05) is 95.5 Å². The molecule has 0 aliphatic heterocycles. The fourth-order valence-electron chi connectivity index (χ4n) is 3.48. The van der Waals surface area contributed by atoms with Gasteiger partial charge in [-0.15, -0.1) is 0 Å². The molecule has 1 unspecified atom stereocenters. The SMILES string of the molecule is CCCCCCCOC(=O)CCCCCCCCC(=O)OC(CC)c1ccccc1. The third-order valence-electron chi connectivity index (χ3n) is 5.34. The number of hydrogen-bond acceptors (Lipinski definition) is 4. The van der Waals surface area contributed by atoms with E-state index in [9.17, 15) is 9.59 Å². The fraction of sp³-hybridized carbons (Fsp3) is 0.692. The molecular weight excluding hydrogens is 376 g/mol. The Morgan fingerprint density at radius 2 is 1.30 bits per heavy atom. The standard InChI is InChI=1S/C26H42O4/c1-3-5-6-11-17-22-29-25(27)20-15-9-7-8-10-16-21-26(28)30-24(4-2)23-18-13-12-14-19-23/h12-14,18-19,24H,3-11,15-17,20-22H2,1-2H3. The number of rotatable bonds is 18. The van der Waals surface area contributed by atoms with Crippen LogP contribution in [-0.4, -0.2) is 18.5 Å². The molecule has 0 aliphatic carbocycles. The quantitative estimate of drug-likeness (QED) is 0.185. The Bertz CT molecular complexity index is 555. The van der Waals surface area contributed by atoms with E-state index in [0.717, 1.165) is 63.4 Å². The van der Waals surface area contributed by atoms with Crippen LogP contribution in [-0.2, 0) is 19.1 Å². The van der Waals surface area contributed by atoms with E-state index in [1.165, 1.54) is 19.3 Å². The second-order valence-electron chi connectivity index (χ2n) is 8.05. The van der Waals surface area contributed by atoms with Gasteiger partial charge in [0.1, 0.15) is 6.10 Å². The van der Waals surface area contributed by atoms with Crippen LogP contribution in [0.5, 0.6) is 0 Å². The Hall–Kier alpha value is -1.84. The van der Waals surface area contributed by atoms with Crippen LogP contribution >= 0.6 is 0 Å². The first-order valence-corrected chi connectivity index (χ1v) is 12.1. The van der Waals surface area contributed by atoms with E-state index in [-0.39, 0.29) is 18.0 Å². The average molecular weight is 419 g/mol. The first kappa shape index (κ1) is 26.2. The Labute approximate surface area is 183 Å². The maximum absolute atomic E-state index is 12.1. The summed E-state index contributed by atoms with van der Waals surface area (Å²) in [6.07, 6.45) is 13.5. The Morgan fingerprint density at radius 3 is 1.93 bits per heavy atom. The largest absolute Gasteiger partial charge is 0.466 e. The number of ether oxygens (including phenoxy) is 2. The second kappa shape index (κ2) is 18.0. The minimum Gasteiger partial charge on any atom is -0.466 e. The van der Waals surface area contributed by atoms with E-state index in [1.807, 2.05) is 37.3 Å². The molecule has 0 heterocycles. The number of benzene rings is 1. The second-order valence-corrected chi connectivity index (χ2v) is 8.05. The molecule has 4 nitrogen and oxygen atoms in total. The molecule has 0 saturated carbocycles. The van der Waals surface area contributed by atoms with Crippen molar-refractivity contribution in [2.24, 2.45) is 0 Å². The van der Waals surface area contributed by atoms with E-state index in [0.29, 0.717) is 19.4 Å². The molecule has 0 amide bonds. The number of esters is 2. The summed E-state index contributed by atoms with van der Waals surface area (Å²) in [7, 11) is 0. The van der Waals surface area contributed by atoms with E-state index >= 15 is 0 Å². The van der Waals surface area contributed by atoms with E-state index in [2.05, 4.69) is 6.92 Å². The van der Waals surface area contributed by atoms with E-state index < -0.39 is 0 Å². The normalized spacial score (nSPS) is 11.8. The van der Waals surface area contributed by atoms with Crippen molar-refractivity contribution in [3.05, 3.63) is 35.9 Å². The highest BCUT2D eigenvalue weighted by Gasteiger charge is 2.14. The van der Waals surface area contributed by atoms with Gasteiger partial charge in [-0.3, -0.25) is 9.59 Å². The summed E-state index contributed by atoms with van der Waals surface area (Å²) in [6.45, 7) is 4.80. The van der Waals surface area contributed by atoms with Gasteiger partial charge >= 0.3 is 11.9 Å². The molecule has 170 valence electrons. The summed E-state index contributed by atoms with van der Waals surface area (Å²) >= 11 is 0. The zero-order chi connectivity index (χ0) is 21.9. The monoisotopic (exact) mass is 418 g/mol. The lowest BCUT2D eigenvalue weighted by Gasteiger charge is -2.16. The van der Waals surface area contributed by atoms with Gasteiger partial charge in [0.25, 0.3) is 0 Å². The van der Waals surface area contributed by atoms with Gasteiger partial charge in [0.05, 0.1) is 6.61 Å². The first-order valence-electron chi connectivity index (χ1n) is 12.1. The van der Waals surface area contributed by atoms with Gasteiger partial charge in [-0.25, -0.2) is 0 Å². The van der Waals surface area contributed by atoms with Crippen molar-refractivity contribution < 1.29 is 19.1 Å². The van der Waals surface area contributed by atoms with Crippen LogP contribution in [0.4, 0.5) is 0 Å². The minimum atomic E-state index is -0.144. The molecule has 1 aromatic rings. The average Bonchev–Trinajstić information content (AvgIpc) is 2.76. The highest BCUT2D eigenvalue weighted by molar-refractivity contribution is 5.69. The maximum atomic E-state index is 12.1. The van der Waals surface area contributed by atoms with Gasteiger partial charge in [0, 0.05) is 12.8 Å². The van der Waals surface area contributed by atoms with Crippen LogP contribution in [0.15, 0.2) is 30.3 Å². The smallest absolute Gasteiger partial charge is 0.306 e. The predicted molar refractivity (Wildman–Crippen MR) is 122 cm³/mol. The molecule has 0 saturated heterocycles. The molecule has 0 fully saturated rings. The van der Waals surface area contributed by atoms with Crippen LogP contribution in [0.25, 0.3) is 0 Å². The van der Waals surface area contributed by atoms with Crippen LogP contribution < -0.4 is 0 Å². The fourth-order valence-corrected chi connectivity index (χ4v) is 3.48. The zero-order valence-corrected chi connectivity index (χ0v) is 19.2. The topological polar surface area (TPSA) is 52.6 Å². The Kier molecular flexibility index (Phi) is 15.7. The van der Waals surface area contributed by atoms with Gasteiger partial charge in [-0.05, 0) is 31.2 Å². The van der Waals surface area contributed by atoms with Crippen LogP contribution in [0.3, 0.4) is 0 Å². The summed E-state index contributed by atoms with van der Waals surface area (Å²) in [5.41, 5.74) is 1.06. The van der Waals surface area contributed by atoms with Gasteiger partial charge in [0.2, 0.25) is 0 Å². The molecule has 0 aliphatic rings. The number of carbonyl (C=O) groups excluding carboxylic acids is 2. The predicted octanol–water partition coefficient (Wildman–Crippen LogP) is 7.32. The molecule has 1 aromatic carbocycles. The van der Waals surface area contributed by atoms with Crippen LogP contribution in [0.1, 0.15) is 115 Å². The van der Waals surface area contributed by atoms with Crippen LogP contribution in [0.2, 0.25) is 0 Å². The first-order chi connectivity index (χ1) is 14.7. The van der Waals surface area contributed by atoms with Crippen molar-refractivity contribution in [3.8, 4) is 0 Å². The van der Waals surface area contributed by atoms with Crippen LogP contribution in [0, 0.1) is 0 Å². The molecular formula is C26H42O4. The lowest BCUT2D eigenvalue weighted by Crippen LogP contribution is -2.10. The third kappa shape index (κ3) is 13.4. The summed E-state index contributed by atoms with van der Waals surface area (Å²) in [6, 6.07) is 9.92. The molecule has 0 aromatic heterocycles. The molecule has 0 bridgehead atoms. The molecule has 1 atom stereocenters. The third-order valence-corrected chi connectivity index (χ3v) is 5.34. The van der Waals surface area contributed by atoms with Gasteiger partial charge < -0.3 is 9.47 Å². The molecule has 30 heavy (non-hydrogen) atoms. The number of unbranched alkanes of at least 4 members (excludes halogenated alkanes) is 9. The van der Waals surface area contributed by atoms with Crippen molar-refractivity contribution in [2.45, 2.75) is 110 Å². The Balaban J connectivity index is 1.95. The zero-order valence-electron chi connectivity index (χ0n) is 19.2. The number of carbonyl (C=O) groups is 2. The maximum Gasteiger partial charge on any atom is 0.306 e. The van der Waals surface area contributed by atoms with Crippen molar-refractivity contribution >= 4 is 11.9 Å². The van der Waals surface area contributed by atoms with E-state index in [1.54, 1.807) is 0 Å². The van der Waals surface area contributed by atoms with Crippen molar-refractivity contribution in [2.75, 3.05) is 6.61 Å². The van der Waals surface area contributed by atoms with Gasteiger partial charge in [0.15, 0.2) is 0 Å².